The zero-order valence-electron chi connectivity index (χ0n) is 13.9. The van der Waals surface area contributed by atoms with Crippen molar-refractivity contribution in [2.24, 2.45) is 5.92 Å². The van der Waals surface area contributed by atoms with Gasteiger partial charge in [-0.05, 0) is 61.2 Å². The number of anilines is 1. The zero-order chi connectivity index (χ0) is 17.1. The van der Waals surface area contributed by atoms with E-state index in [1.807, 2.05) is 19.9 Å². The van der Waals surface area contributed by atoms with Crippen molar-refractivity contribution in [1.82, 2.24) is 0 Å². The van der Waals surface area contributed by atoms with Crippen LogP contribution >= 0.6 is 11.6 Å². The van der Waals surface area contributed by atoms with Gasteiger partial charge in [0.2, 0.25) is 0 Å². The lowest BCUT2D eigenvalue weighted by Gasteiger charge is -2.17. The van der Waals surface area contributed by atoms with Gasteiger partial charge in [-0.1, -0.05) is 25.4 Å². The molecule has 0 aliphatic heterocycles. The van der Waals surface area contributed by atoms with Crippen molar-refractivity contribution in [2.45, 2.75) is 27.7 Å². The monoisotopic (exact) mass is 331 g/mol. The second-order valence-corrected chi connectivity index (χ2v) is 6.54. The average Bonchev–Trinajstić information content (AvgIpc) is 2.50. The first-order valence-corrected chi connectivity index (χ1v) is 8.01. The van der Waals surface area contributed by atoms with Crippen molar-refractivity contribution < 1.29 is 9.53 Å². The highest BCUT2D eigenvalue weighted by molar-refractivity contribution is 6.33. The summed E-state index contributed by atoms with van der Waals surface area (Å²) < 4.78 is 5.88. The largest absolute Gasteiger partial charge is 0.493 e. The van der Waals surface area contributed by atoms with Gasteiger partial charge in [-0.2, -0.15) is 0 Å². The van der Waals surface area contributed by atoms with Crippen LogP contribution in [-0.2, 0) is 0 Å². The summed E-state index contributed by atoms with van der Waals surface area (Å²) in [5.74, 6) is 0.842. The smallest absolute Gasteiger partial charge is 0.197 e. The molecule has 0 aliphatic rings. The molecule has 23 heavy (non-hydrogen) atoms. The molecule has 122 valence electrons. The van der Waals surface area contributed by atoms with Gasteiger partial charge in [-0.25, -0.2) is 0 Å². The van der Waals surface area contributed by atoms with Crippen molar-refractivity contribution in [3.05, 3.63) is 57.6 Å². The Kier molecular flexibility index (Phi) is 5.32. The number of hydrogen-bond donors (Lipinski definition) is 1. The average molecular weight is 332 g/mol. The van der Waals surface area contributed by atoms with Crippen molar-refractivity contribution in [3.63, 3.8) is 0 Å². The Bertz CT molecular complexity index is 721. The standard InChI is InChI=1S/C19H22ClNO2/c1-11(2)10-23-16-9-12(3)18(20)13(4)17(16)19(22)14-5-7-15(21)8-6-14/h5-9,11H,10,21H2,1-4H3. The van der Waals surface area contributed by atoms with Crippen LogP contribution in [0, 0.1) is 19.8 Å². The van der Waals surface area contributed by atoms with Crippen LogP contribution in [0.3, 0.4) is 0 Å². The normalized spacial score (nSPS) is 10.9. The molecule has 0 saturated carbocycles. The first kappa shape index (κ1) is 17.4. The van der Waals surface area contributed by atoms with Gasteiger partial charge >= 0.3 is 0 Å². The number of carbonyl (C=O) groups excluding carboxylic acids is 1. The second-order valence-electron chi connectivity index (χ2n) is 6.16. The summed E-state index contributed by atoms with van der Waals surface area (Å²) >= 11 is 6.35. The maximum Gasteiger partial charge on any atom is 0.197 e. The van der Waals surface area contributed by atoms with Gasteiger partial charge in [0.05, 0.1) is 12.2 Å². The summed E-state index contributed by atoms with van der Waals surface area (Å²) in [5, 5.41) is 0.598. The molecule has 4 heteroatoms. The SMILES string of the molecule is Cc1cc(OCC(C)C)c(C(=O)c2ccc(N)cc2)c(C)c1Cl. The first-order valence-electron chi connectivity index (χ1n) is 7.64. The van der Waals surface area contributed by atoms with Crippen molar-refractivity contribution >= 4 is 23.1 Å². The van der Waals surface area contributed by atoms with Crippen LogP contribution in [0.2, 0.25) is 5.02 Å². The summed E-state index contributed by atoms with van der Waals surface area (Å²) in [6, 6.07) is 8.70. The van der Waals surface area contributed by atoms with Crippen molar-refractivity contribution in [3.8, 4) is 5.75 Å². The molecule has 0 fully saturated rings. The number of hydrogen-bond acceptors (Lipinski definition) is 3. The predicted molar refractivity (Wildman–Crippen MR) is 95.5 cm³/mol. The molecule has 2 aromatic rings. The highest BCUT2D eigenvalue weighted by Gasteiger charge is 2.21. The molecule has 0 amide bonds. The zero-order valence-corrected chi connectivity index (χ0v) is 14.7. The number of aryl methyl sites for hydroxylation is 1. The van der Waals surface area contributed by atoms with Crippen LogP contribution in [0.25, 0.3) is 0 Å². The van der Waals surface area contributed by atoms with Gasteiger partial charge < -0.3 is 10.5 Å². The quantitative estimate of drug-likeness (QED) is 0.632. The van der Waals surface area contributed by atoms with Gasteiger partial charge in [0.25, 0.3) is 0 Å². The van der Waals surface area contributed by atoms with Crippen LogP contribution in [0.4, 0.5) is 5.69 Å². The van der Waals surface area contributed by atoms with Gasteiger partial charge in [0, 0.05) is 16.3 Å². The van der Waals surface area contributed by atoms with Crippen molar-refractivity contribution in [1.29, 1.82) is 0 Å². The maximum atomic E-state index is 12.9. The van der Waals surface area contributed by atoms with E-state index in [0.717, 1.165) is 11.1 Å². The Hall–Kier alpha value is -2.00. The summed E-state index contributed by atoms with van der Waals surface area (Å²) in [5.41, 5.74) is 9.04. The van der Waals surface area contributed by atoms with Gasteiger partial charge in [0.1, 0.15) is 5.75 Å². The fraction of sp³-hybridized carbons (Fsp3) is 0.316. The molecule has 0 aromatic heterocycles. The minimum Gasteiger partial charge on any atom is -0.493 e. The number of nitrogen functional groups attached to an aromatic ring is 1. The third-order valence-electron chi connectivity index (χ3n) is 3.62. The number of benzene rings is 2. The van der Waals surface area contributed by atoms with E-state index in [1.54, 1.807) is 24.3 Å². The Morgan fingerprint density at radius 1 is 1.22 bits per heavy atom. The van der Waals surface area contributed by atoms with E-state index >= 15 is 0 Å². The lowest BCUT2D eigenvalue weighted by molar-refractivity contribution is 0.103. The van der Waals surface area contributed by atoms with Crippen LogP contribution in [0.5, 0.6) is 5.75 Å². The Balaban J connectivity index is 2.52. The molecular formula is C19H22ClNO2. The van der Waals surface area contributed by atoms with E-state index in [4.69, 9.17) is 22.1 Å². The summed E-state index contributed by atoms with van der Waals surface area (Å²) in [6.07, 6.45) is 0. The van der Waals surface area contributed by atoms with E-state index < -0.39 is 0 Å². The fourth-order valence-corrected chi connectivity index (χ4v) is 2.50. The number of halogens is 1. The number of rotatable bonds is 5. The predicted octanol–water partition coefficient (Wildman–Crippen LogP) is 4.80. The van der Waals surface area contributed by atoms with E-state index in [9.17, 15) is 4.79 Å². The van der Waals surface area contributed by atoms with Gasteiger partial charge in [-0.15, -0.1) is 0 Å². The molecule has 0 radical (unpaired) electrons. The third-order valence-corrected chi connectivity index (χ3v) is 4.20. The lowest BCUT2D eigenvalue weighted by Crippen LogP contribution is -2.12. The molecule has 2 N–H and O–H groups in total. The van der Waals surface area contributed by atoms with Crippen LogP contribution in [-0.4, -0.2) is 12.4 Å². The molecule has 0 aliphatic carbocycles. The van der Waals surface area contributed by atoms with Crippen LogP contribution in [0.1, 0.15) is 40.9 Å². The van der Waals surface area contributed by atoms with Crippen LogP contribution < -0.4 is 10.5 Å². The molecule has 0 bridgehead atoms. The molecule has 2 aromatic carbocycles. The first-order chi connectivity index (χ1) is 10.8. The number of carbonyl (C=O) groups is 1. The van der Waals surface area contributed by atoms with E-state index in [2.05, 4.69) is 13.8 Å². The Morgan fingerprint density at radius 3 is 2.39 bits per heavy atom. The lowest BCUT2D eigenvalue weighted by atomic mass is 9.96. The van der Waals surface area contributed by atoms with E-state index in [-0.39, 0.29) is 5.78 Å². The topological polar surface area (TPSA) is 52.3 Å². The Morgan fingerprint density at radius 2 is 1.83 bits per heavy atom. The molecule has 0 heterocycles. The molecule has 0 spiro atoms. The second kappa shape index (κ2) is 7.05. The molecule has 0 atom stereocenters. The number of nitrogens with two attached hydrogens (primary N) is 1. The fourth-order valence-electron chi connectivity index (χ4n) is 2.35. The Labute approximate surface area is 142 Å². The molecule has 0 saturated heterocycles. The third kappa shape index (κ3) is 3.85. The molecule has 0 unspecified atom stereocenters. The molecule has 2 rings (SSSR count). The van der Waals surface area contributed by atoms with E-state index in [1.165, 1.54) is 0 Å². The number of ether oxygens (including phenoxy) is 1. The van der Waals surface area contributed by atoms with E-state index in [0.29, 0.717) is 40.1 Å². The maximum absolute atomic E-state index is 12.9. The molecular weight excluding hydrogens is 310 g/mol. The van der Waals surface area contributed by atoms with Crippen LogP contribution in [0.15, 0.2) is 30.3 Å². The number of ketones is 1. The van der Waals surface area contributed by atoms with Crippen molar-refractivity contribution in [2.75, 3.05) is 12.3 Å². The summed E-state index contributed by atoms with van der Waals surface area (Å²) in [7, 11) is 0. The highest BCUT2D eigenvalue weighted by Crippen LogP contribution is 2.33. The minimum absolute atomic E-state index is 0.108. The highest BCUT2D eigenvalue weighted by atomic mass is 35.5. The van der Waals surface area contributed by atoms with Gasteiger partial charge in [-0.3, -0.25) is 4.79 Å². The van der Waals surface area contributed by atoms with Gasteiger partial charge in [0.15, 0.2) is 5.78 Å². The summed E-state index contributed by atoms with van der Waals surface area (Å²) in [4.78, 5) is 12.9. The molecule has 3 nitrogen and oxygen atoms in total. The summed E-state index contributed by atoms with van der Waals surface area (Å²) in [6.45, 7) is 8.44. The minimum atomic E-state index is -0.108.